The quantitative estimate of drug-likeness (QED) is 0.894. The molecule has 2 rings (SSSR count). The van der Waals surface area contributed by atoms with Gasteiger partial charge in [0, 0.05) is 37.4 Å². The summed E-state index contributed by atoms with van der Waals surface area (Å²) in [6.45, 7) is 12.0. The molecule has 2 heterocycles. The minimum Gasteiger partial charge on any atom is -0.299 e. The van der Waals surface area contributed by atoms with Gasteiger partial charge in [0.2, 0.25) is 10.0 Å². The van der Waals surface area contributed by atoms with Crippen LogP contribution < -0.4 is 4.72 Å². The molecule has 0 aromatic carbocycles. The summed E-state index contributed by atoms with van der Waals surface area (Å²) in [5.41, 5.74) is 0. The van der Waals surface area contributed by atoms with Gasteiger partial charge in [0.25, 0.3) is 0 Å². The summed E-state index contributed by atoms with van der Waals surface area (Å²) in [6, 6.07) is 0.543. The van der Waals surface area contributed by atoms with Crippen molar-refractivity contribution in [1.82, 2.24) is 19.4 Å². The zero-order valence-electron chi connectivity index (χ0n) is 13.4. The highest BCUT2D eigenvalue weighted by atomic mass is 32.2. The predicted molar refractivity (Wildman–Crippen MR) is 82.6 cm³/mol. The lowest BCUT2D eigenvalue weighted by molar-refractivity contribution is 0.265. The molecule has 21 heavy (non-hydrogen) atoms. The fraction of sp³-hybridized carbons (Fsp3) is 0.786. The topological polar surface area (TPSA) is 67.2 Å². The summed E-state index contributed by atoms with van der Waals surface area (Å²) in [5.74, 6) is 0.308. The molecule has 2 atom stereocenters. The van der Waals surface area contributed by atoms with Gasteiger partial charge in [0.05, 0.1) is 6.20 Å². The minimum atomic E-state index is -3.50. The number of aromatic nitrogens is 2. The Bertz CT molecular complexity index is 580. The fourth-order valence-electron chi connectivity index (χ4n) is 2.59. The summed E-state index contributed by atoms with van der Waals surface area (Å²) in [7, 11) is -3.50. The van der Waals surface area contributed by atoms with Crippen molar-refractivity contribution in [2.75, 3.05) is 13.1 Å². The molecule has 0 spiro atoms. The summed E-state index contributed by atoms with van der Waals surface area (Å²) in [6.07, 6.45) is 3.01. The molecule has 1 N–H and O–H groups in total. The van der Waals surface area contributed by atoms with Crippen LogP contribution >= 0.6 is 0 Å². The fourth-order valence-corrected chi connectivity index (χ4v) is 3.86. The molecule has 0 aliphatic carbocycles. The number of hydrogen-bond donors (Lipinski definition) is 1. The van der Waals surface area contributed by atoms with Crippen LogP contribution in [0, 0.1) is 5.92 Å². The lowest BCUT2D eigenvalue weighted by Gasteiger charge is -2.20. The first-order valence-electron chi connectivity index (χ1n) is 7.51. The van der Waals surface area contributed by atoms with Gasteiger partial charge < -0.3 is 0 Å². The van der Waals surface area contributed by atoms with Gasteiger partial charge in [-0.3, -0.25) is 9.58 Å². The molecular formula is C14H26N4O2S. The zero-order valence-corrected chi connectivity index (χ0v) is 14.3. The molecule has 1 aliphatic heterocycles. The minimum absolute atomic E-state index is 0.0419. The third kappa shape index (κ3) is 3.64. The van der Waals surface area contributed by atoms with Crippen LogP contribution in [0.15, 0.2) is 17.3 Å². The van der Waals surface area contributed by atoms with E-state index in [1.807, 2.05) is 13.8 Å². The van der Waals surface area contributed by atoms with Gasteiger partial charge in [-0.15, -0.1) is 0 Å². The Morgan fingerprint density at radius 2 is 1.90 bits per heavy atom. The van der Waals surface area contributed by atoms with Crippen molar-refractivity contribution in [2.45, 2.75) is 57.6 Å². The van der Waals surface area contributed by atoms with Crippen LogP contribution in [0.5, 0.6) is 0 Å². The Kier molecular flexibility index (Phi) is 4.75. The predicted octanol–water partition coefficient (Wildman–Crippen LogP) is 1.47. The maximum absolute atomic E-state index is 12.5. The molecule has 6 nitrogen and oxygen atoms in total. The first-order valence-corrected chi connectivity index (χ1v) is 8.99. The van der Waals surface area contributed by atoms with Crippen molar-refractivity contribution in [2.24, 2.45) is 5.92 Å². The lowest BCUT2D eigenvalue weighted by Crippen LogP contribution is -2.40. The summed E-state index contributed by atoms with van der Waals surface area (Å²) in [4.78, 5) is 2.54. The zero-order chi connectivity index (χ0) is 15.8. The molecule has 0 bridgehead atoms. The van der Waals surface area contributed by atoms with Crippen molar-refractivity contribution in [3.05, 3.63) is 12.4 Å². The average molecular weight is 314 g/mol. The Labute approximate surface area is 127 Å². The van der Waals surface area contributed by atoms with E-state index in [1.165, 1.54) is 6.20 Å². The largest absolute Gasteiger partial charge is 0.299 e. The van der Waals surface area contributed by atoms with Gasteiger partial charge >= 0.3 is 0 Å². The van der Waals surface area contributed by atoms with Crippen LogP contribution in [0.2, 0.25) is 0 Å². The van der Waals surface area contributed by atoms with Crippen LogP contribution in [0.3, 0.4) is 0 Å². The van der Waals surface area contributed by atoms with Crippen LogP contribution in [0.25, 0.3) is 0 Å². The molecule has 7 heteroatoms. The van der Waals surface area contributed by atoms with Crippen molar-refractivity contribution < 1.29 is 8.42 Å². The maximum atomic E-state index is 12.5. The Balaban J connectivity index is 2.10. The summed E-state index contributed by atoms with van der Waals surface area (Å²) in [5, 5.41) is 4.11. The average Bonchev–Trinajstić information content (AvgIpc) is 2.97. The second kappa shape index (κ2) is 6.06. The Hall–Kier alpha value is -0.920. The Morgan fingerprint density at radius 1 is 1.24 bits per heavy atom. The van der Waals surface area contributed by atoms with E-state index in [4.69, 9.17) is 0 Å². The summed E-state index contributed by atoms with van der Waals surface area (Å²) < 4.78 is 29.4. The van der Waals surface area contributed by atoms with Gasteiger partial charge in [-0.05, 0) is 33.6 Å². The van der Waals surface area contributed by atoms with E-state index < -0.39 is 10.0 Å². The Morgan fingerprint density at radius 3 is 2.38 bits per heavy atom. The highest BCUT2D eigenvalue weighted by molar-refractivity contribution is 7.89. The van der Waals surface area contributed by atoms with Crippen LogP contribution in [0.1, 0.15) is 40.7 Å². The van der Waals surface area contributed by atoms with E-state index >= 15 is 0 Å². The standard InChI is InChI=1S/C14H26N4O2S/c1-10(2)17-7-12(5)14(9-17)16-21(19,20)13-6-15-18(8-13)11(3)4/h6,8,10-12,14,16H,7,9H2,1-5H3/t12-,14+/m0/s1. The van der Waals surface area contributed by atoms with Crippen LogP contribution in [-0.2, 0) is 10.0 Å². The van der Waals surface area contributed by atoms with Crippen LogP contribution in [-0.4, -0.2) is 48.3 Å². The molecule has 120 valence electrons. The van der Waals surface area contributed by atoms with Gasteiger partial charge in [0.1, 0.15) is 4.90 Å². The van der Waals surface area contributed by atoms with Crippen molar-refractivity contribution >= 4 is 10.0 Å². The molecule has 0 radical (unpaired) electrons. The van der Waals surface area contributed by atoms with Gasteiger partial charge in [-0.2, -0.15) is 5.10 Å². The van der Waals surface area contributed by atoms with E-state index in [-0.39, 0.29) is 17.0 Å². The first kappa shape index (κ1) is 16.5. The molecule has 1 saturated heterocycles. The van der Waals surface area contributed by atoms with E-state index in [1.54, 1.807) is 10.9 Å². The number of nitrogens with one attached hydrogen (secondary N) is 1. The number of sulfonamides is 1. The van der Waals surface area contributed by atoms with Crippen molar-refractivity contribution in [3.63, 3.8) is 0 Å². The normalized spacial score (nSPS) is 24.3. The molecule has 1 fully saturated rings. The van der Waals surface area contributed by atoms with Gasteiger partial charge in [-0.1, -0.05) is 6.92 Å². The number of rotatable bonds is 5. The highest BCUT2D eigenvalue weighted by Crippen LogP contribution is 2.21. The lowest BCUT2D eigenvalue weighted by atomic mass is 10.1. The monoisotopic (exact) mass is 314 g/mol. The van der Waals surface area contributed by atoms with E-state index in [9.17, 15) is 8.42 Å². The summed E-state index contributed by atoms with van der Waals surface area (Å²) >= 11 is 0. The van der Waals surface area contributed by atoms with E-state index in [2.05, 4.69) is 35.5 Å². The molecule has 1 aromatic rings. The molecule has 1 aromatic heterocycles. The first-order chi connectivity index (χ1) is 9.70. The van der Waals surface area contributed by atoms with Gasteiger partial charge in [-0.25, -0.2) is 13.1 Å². The SMILES string of the molecule is CC(C)N1C[C@H](C)[C@H](NS(=O)(=O)c2cnn(C(C)C)c2)C1. The smallest absolute Gasteiger partial charge is 0.243 e. The second-order valence-electron chi connectivity index (χ2n) is 6.50. The van der Waals surface area contributed by atoms with Crippen molar-refractivity contribution in [1.29, 1.82) is 0 Å². The third-order valence-electron chi connectivity index (χ3n) is 4.09. The maximum Gasteiger partial charge on any atom is 0.243 e. The molecule has 0 unspecified atom stereocenters. The van der Waals surface area contributed by atoms with Gasteiger partial charge in [0.15, 0.2) is 0 Å². The molecular weight excluding hydrogens is 288 g/mol. The van der Waals surface area contributed by atoms with Crippen molar-refractivity contribution in [3.8, 4) is 0 Å². The molecule has 1 aliphatic rings. The second-order valence-corrected chi connectivity index (χ2v) is 8.22. The number of hydrogen-bond acceptors (Lipinski definition) is 4. The molecule has 0 saturated carbocycles. The third-order valence-corrected chi connectivity index (χ3v) is 5.54. The van der Waals surface area contributed by atoms with Crippen LogP contribution in [0.4, 0.5) is 0 Å². The van der Waals surface area contributed by atoms with E-state index in [0.717, 1.165) is 13.1 Å². The highest BCUT2D eigenvalue weighted by Gasteiger charge is 2.34. The molecule has 0 amide bonds. The number of likely N-dealkylation sites (tertiary alicyclic amines) is 1. The van der Waals surface area contributed by atoms with E-state index in [0.29, 0.717) is 12.0 Å². The number of nitrogens with zero attached hydrogens (tertiary/aromatic N) is 3.